The molecule has 2 N–H and O–H groups in total. The molecule has 1 heterocycles. The Morgan fingerprint density at radius 1 is 1.35 bits per heavy atom. The van der Waals surface area contributed by atoms with Crippen LogP contribution in [0.2, 0.25) is 5.02 Å². The van der Waals surface area contributed by atoms with Crippen LogP contribution in [0.4, 0.5) is 10.3 Å². The first kappa shape index (κ1) is 12.3. The topological polar surface area (TPSA) is 51.8 Å². The van der Waals surface area contributed by atoms with Crippen molar-refractivity contribution in [3.05, 3.63) is 39.2 Å². The lowest BCUT2D eigenvalue weighted by molar-refractivity contribution is 0.630. The van der Waals surface area contributed by atoms with Crippen molar-refractivity contribution in [2.75, 3.05) is 5.73 Å². The Hall–Kier alpha value is -1.20. The van der Waals surface area contributed by atoms with Gasteiger partial charge in [0.25, 0.3) is 0 Å². The SMILES string of the molecule is Cc1cc(-c2ccc(Br)c(Cl)c2F)nc(N)n1. The van der Waals surface area contributed by atoms with E-state index in [-0.39, 0.29) is 11.0 Å². The third-order valence-electron chi connectivity index (χ3n) is 2.18. The monoisotopic (exact) mass is 315 g/mol. The quantitative estimate of drug-likeness (QED) is 0.818. The highest BCUT2D eigenvalue weighted by Gasteiger charge is 2.13. The fraction of sp³-hybridized carbons (Fsp3) is 0.0909. The Labute approximate surface area is 111 Å². The van der Waals surface area contributed by atoms with Gasteiger partial charge < -0.3 is 5.73 Å². The standard InChI is InChI=1S/C11H8BrClFN3/c1-5-4-8(17-11(15)16-5)6-2-3-7(12)9(13)10(6)14/h2-4H,1H3,(H2,15,16,17). The summed E-state index contributed by atoms with van der Waals surface area (Å²) in [5.41, 5.74) is 6.92. The summed E-state index contributed by atoms with van der Waals surface area (Å²) in [7, 11) is 0. The number of anilines is 1. The molecule has 0 spiro atoms. The number of benzene rings is 1. The zero-order valence-electron chi connectivity index (χ0n) is 8.84. The number of nitrogen functional groups attached to an aromatic ring is 1. The van der Waals surface area contributed by atoms with Crippen molar-refractivity contribution in [2.24, 2.45) is 0 Å². The van der Waals surface area contributed by atoms with Crippen molar-refractivity contribution < 1.29 is 4.39 Å². The van der Waals surface area contributed by atoms with Gasteiger partial charge in [-0.05, 0) is 41.1 Å². The van der Waals surface area contributed by atoms with Gasteiger partial charge in [0.15, 0.2) is 5.82 Å². The second kappa shape index (κ2) is 4.58. The first-order valence-electron chi connectivity index (χ1n) is 4.74. The molecule has 0 fully saturated rings. The molecule has 0 aliphatic carbocycles. The van der Waals surface area contributed by atoms with Crippen molar-refractivity contribution in [3.63, 3.8) is 0 Å². The predicted octanol–water partition coefficient (Wildman–Crippen LogP) is 3.59. The van der Waals surface area contributed by atoms with Crippen LogP contribution in [0.25, 0.3) is 11.3 Å². The maximum atomic E-state index is 13.9. The van der Waals surface area contributed by atoms with Crippen LogP contribution in [0.15, 0.2) is 22.7 Å². The molecule has 88 valence electrons. The van der Waals surface area contributed by atoms with Crippen molar-refractivity contribution >= 4 is 33.5 Å². The highest BCUT2D eigenvalue weighted by atomic mass is 79.9. The molecule has 0 atom stereocenters. The van der Waals surface area contributed by atoms with Gasteiger partial charge in [-0.25, -0.2) is 14.4 Å². The van der Waals surface area contributed by atoms with Crippen LogP contribution in [0.3, 0.4) is 0 Å². The van der Waals surface area contributed by atoms with Gasteiger partial charge in [-0.3, -0.25) is 0 Å². The number of nitrogens with zero attached hydrogens (tertiary/aromatic N) is 2. The van der Waals surface area contributed by atoms with E-state index < -0.39 is 5.82 Å². The predicted molar refractivity (Wildman–Crippen MR) is 69.3 cm³/mol. The summed E-state index contributed by atoms with van der Waals surface area (Å²) >= 11 is 8.97. The number of halogens is 3. The normalized spacial score (nSPS) is 10.6. The summed E-state index contributed by atoms with van der Waals surface area (Å²) in [5.74, 6) is -0.419. The number of hydrogen-bond donors (Lipinski definition) is 1. The molecule has 2 aromatic rings. The Kier molecular flexibility index (Phi) is 3.31. The minimum atomic E-state index is -0.529. The second-order valence-electron chi connectivity index (χ2n) is 3.48. The Balaban J connectivity index is 2.64. The van der Waals surface area contributed by atoms with E-state index in [1.54, 1.807) is 25.1 Å². The number of rotatable bonds is 1. The Morgan fingerprint density at radius 3 is 2.71 bits per heavy atom. The maximum Gasteiger partial charge on any atom is 0.220 e. The van der Waals surface area contributed by atoms with Gasteiger partial charge in [-0.1, -0.05) is 11.6 Å². The van der Waals surface area contributed by atoms with Crippen LogP contribution in [0.1, 0.15) is 5.69 Å². The van der Waals surface area contributed by atoms with Gasteiger partial charge in [0.1, 0.15) is 0 Å². The highest BCUT2D eigenvalue weighted by molar-refractivity contribution is 9.10. The lowest BCUT2D eigenvalue weighted by Gasteiger charge is -2.07. The van der Waals surface area contributed by atoms with E-state index in [9.17, 15) is 4.39 Å². The molecule has 2 rings (SSSR count). The fourth-order valence-electron chi connectivity index (χ4n) is 1.45. The summed E-state index contributed by atoms with van der Waals surface area (Å²) in [4.78, 5) is 7.92. The van der Waals surface area contributed by atoms with E-state index in [1.165, 1.54) is 0 Å². The molecule has 17 heavy (non-hydrogen) atoms. The van der Waals surface area contributed by atoms with Crippen molar-refractivity contribution in [3.8, 4) is 11.3 Å². The summed E-state index contributed by atoms with van der Waals surface area (Å²) in [6.07, 6.45) is 0. The van der Waals surface area contributed by atoms with Crippen molar-refractivity contribution in [2.45, 2.75) is 6.92 Å². The van der Waals surface area contributed by atoms with Gasteiger partial charge >= 0.3 is 0 Å². The van der Waals surface area contributed by atoms with E-state index in [0.29, 0.717) is 21.4 Å². The third kappa shape index (κ3) is 2.40. The van der Waals surface area contributed by atoms with Gasteiger partial charge in [-0.2, -0.15) is 0 Å². The van der Waals surface area contributed by atoms with Gasteiger partial charge in [0, 0.05) is 15.7 Å². The van der Waals surface area contributed by atoms with Crippen molar-refractivity contribution in [1.82, 2.24) is 9.97 Å². The third-order valence-corrected chi connectivity index (χ3v) is 3.44. The van der Waals surface area contributed by atoms with E-state index >= 15 is 0 Å². The second-order valence-corrected chi connectivity index (χ2v) is 4.71. The summed E-state index contributed by atoms with van der Waals surface area (Å²) in [6, 6.07) is 4.90. The molecule has 6 heteroatoms. The van der Waals surface area contributed by atoms with Crippen molar-refractivity contribution in [1.29, 1.82) is 0 Å². The molecular formula is C11H8BrClFN3. The number of aryl methyl sites for hydroxylation is 1. The lowest BCUT2D eigenvalue weighted by atomic mass is 10.1. The van der Waals surface area contributed by atoms with E-state index in [1.807, 2.05) is 0 Å². The maximum absolute atomic E-state index is 13.9. The van der Waals surface area contributed by atoms with Gasteiger partial charge in [-0.15, -0.1) is 0 Å². The molecule has 0 aliphatic rings. The molecule has 1 aromatic carbocycles. The molecule has 3 nitrogen and oxygen atoms in total. The van der Waals surface area contributed by atoms with Crippen LogP contribution < -0.4 is 5.73 Å². The largest absolute Gasteiger partial charge is 0.368 e. The van der Waals surface area contributed by atoms with Gasteiger partial charge in [0.2, 0.25) is 5.95 Å². The van der Waals surface area contributed by atoms with Crippen LogP contribution >= 0.6 is 27.5 Å². The molecular weight excluding hydrogens is 308 g/mol. The molecule has 0 bridgehead atoms. The zero-order valence-corrected chi connectivity index (χ0v) is 11.2. The summed E-state index contributed by atoms with van der Waals surface area (Å²) < 4.78 is 14.4. The summed E-state index contributed by atoms with van der Waals surface area (Å²) in [5, 5.41) is 0.0253. The number of aromatic nitrogens is 2. The smallest absolute Gasteiger partial charge is 0.220 e. The summed E-state index contributed by atoms with van der Waals surface area (Å²) in [6.45, 7) is 1.76. The van der Waals surface area contributed by atoms with E-state index in [0.717, 1.165) is 0 Å². The van der Waals surface area contributed by atoms with Crippen LogP contribution in [-0.4, -0.2) is 9.97 Å². The van der Waals surface area contributed by atoms with Crippen LogP contribution in [-0.2, 0) is 0 Å². The van der Waals surface area contributed by atoms with E-state index in [4.69, 9.17) is 17.3 Å². The first-order chi connectivity index (χ1) is 7.99. The average molecular weight is 317 g/mol. The van der Waals surface area contributed by atoms with Crippen LogP contribution in [0.5, 0.6) is 0 Å². The molecule has 0 amide bonds. The van der Waals surface area contributed by atoms with E-state index in [2.05, 4.69) is 25.9 Å². The minimum Gasteiger partial charge on any atom is -0.368 e. The molecule has 1 aromatic heterocycles. The lowest BCUT2D eigenvalue weighted by Crippen LogP contribution is -1.99. The van der Waals surface area contributed by atoms with Crippen LogP contribution in [0, 0.1) is 12.7 Å². The Morgan fingerprint density at radius 2 is 2.06 bits per heavy atom. The first-order valence-corrected chi connectivity index (χ1v) is 5.91. The average Bonchev–Trinajstić information content (AvgIpc) is 2.24. The van der Waals surface area contributed by atoms with Gasteiger partial charge in [0.05, 0.1) is 10.7 Å². The number of nitrogens with two attached hydrogens (primary N) is 1. The zero-order chi connectivity index (χ0) is 12.6. The molecule has 0 radical (unpaired) electrons. The fourth-order valence-corrected chi connectivity index (χ4v) is 1.92. The minimum absolute atomic E-state index is 0.0253. The molecule has 0 aliphatic heterocycles. The molecule has 0 saturated heterocycles. The Bertz CT molecular complexity index is 569. The molecule has 0 unspecified atom stereocenters. The highest BCUT2D eigenvalue weighted by Crippen LogP contribution is 2.32. The molecule has 0 saturated carbocycles. The number of hydrogen-bond acceptors (Lipinski definition) is 3.